The van der Waals surface area contributed by atoms with E-state index in [2.05, 4.69) is 151 Å². The molecule has 144 heavy (non-hydrogen) atoms. The number of rotatable bonds is 19. The average Bonchev–Trinajstić information content (AvgIpc) is 1.56. The van der Waals surface area contributed by atoms with Crippen molar-refractivity contribution in [2.24, 2.45) is 0 Å². The summed E-state index contributed by atoms with van der Waals surface area (Å²) in [5.41, 5.74) is 15.2. The lowest BCUT2D eigenvalue weighted by molar-refractivity contribution is 0.0594. The number of imidazole rings is 5. The van der Waals surface area contributed by atoms with Gasteiger partial charge in [0.25, 0.3) is 35.4 Å². The molecule has 0 saturated carbocycles. The third kappa shape index (κ3) is 19.5. The zero-order valence-electron chi connectivity index (χ0n) is 76.9. The number of fused-ring (bicyclic) bond motifs is 7. The zero-order valence-corrected chi connectivity index (χ0v) is 76.9. The Kier molecular flexibility index (Phi) is 26.5. The van der Waals surface area contributed by atoms with E-state index in [9.17, 15) is 56.2 Å². The van der Waals surface area contributed by atoms with Gasteiger partial charge in [-0.1, -0.05) is 103 Å². The van der Waals surface area contributed by atoms with Crippen molar-refractivity contribution >= 4 is 136 Å². The molecule has 720 valence electrons. The van der Waals surface area contributed by atoms with Crippen molar-refractivity contribution in [3.63, 3.8) is 0 Å². The average molecular weight is 1940 g/mol. The minimum absolute atomic E-state index is 0.00136. The summed E-state index contributed by atoms with van der Waals surface area (Å²) in [6.45, 7) is 12.0. The number of aryl methyl sites for hydroxylation is 2. The Morgan fingerprint density at radius 3 is 1.34 bits per heavy atom. The standard InChI is InChI=1S/C27H31N7O2.C22H17N5O2.C19H15N5O2.C18H11F2N5O3.C16H10F2N6O/c1-16(2)33-10-12-34(13-11-33)27(36)19-8-9-20-21(14-19)30-25(29-20)24-22(15-28-32-24)31-26(35)23-17(3)6-5-7-18(23)4;1-29-18-11-10-13-6-2-3-7-14(13)19(18)22(28)26-17-12-23-27-20(17)21-24-15-8-4-5-9-16(15)25-21;25-19(12-5-3-4-11-8-9-26-17(11)12)23-15-10-20-24-16(15)18-21-13-6-1-2-7-14(13)22-18;19-9-4-2-5-10(20)13(9)17(26)23-12-7-21-25-15(12)16-22-11-6-1-3-8(18(27)28)14(11)24-16;17-8-2-1-3-9(18)13(8)16(25)23-12-7-20-24-14(12)15-21-10-4-5-19-6-11(10)22-15/h5-9,14-16H,10-13H2,1-4H3,(H,28,32)(H,29,30)(H,31,35);2-12H,1H3,(H,23,27)(H,24,25)(H,26,28);1-7,10H,8-9H2,(H,20,24)(H,21,22)(H,23,25);1-7H,(H,21,25)(H,22,24)(H,23,26)(H,27,28);1-7H,(H,20,24)(H,21,22)(H,23,25). The lowest BCUT2D eigenvalue weighted by Gasteiger charge is -2.36. The first kappa shape index (κ1) is 93.6. The highest BCUT2D eigenvalue weighted by Crippen LogP contribution is 2.37. The van der Waals surface area contributed by atoms with Gasteiger partial charge < -0.3 is 71.0 Å². The summed E-state index contributed by atoms with van der Waals surface area (Å²) >= 11 is 0. The lowest BCUT2D eigenvalue weighted by atomic mass is 10.0. The predicted octanol–water partition coefficient (Wildman–Crippen LogP) is 17.6. The summed E-state index contributed by atoms with van der Waals surface area (Å²) in [7, 11) is 1.55. The summed E-state index contributed by atoms with van der Waals surface area (Å²) in [6, 6.07) is 56.9. The van der Waals surface area contributed by atoms with Crippen LogP contribution in [0.1, 0.15) is 103 Å². The second-order valence-electron chi connectivity index (χ2n) is 33.3. The Bertz CT molecular complexity index is 8330. The molecule has 0 bridgehead atoms. The molecule has 0 aliphatic carbocycles. The van der Waals surface area contributed by atoms with E-state index in [1.54, 1.807) is 68.4 Å². The van der Waals surface area contributed by atoms with Crippen LogP contribution >= 0.6 is 0 Å². The molecular formula is C102H84F4N28O10. The van der Waals surface area contributed by atoms with E-state index in [1.807, 2.05) is 146 Å². The van der Waals surface area contributed by atoms with E-state index in [0.29, 0.717) is 126 Å². The van der Waals surface area contributed by atoms with Gasteiger partial charge in [0.2, 0.25) is 0 Å². The van der Waals surface area contributed by atoms with Crippen LogP contribution in [-0.4, -0.2) is 208 Å². The van der Waals surface area contributed by atoms with Gasteiger partial charge in [-0.25, -0.2) is 47.3 Å². The third-order valence-electron chi connectivity index (χ3n) is 23.9. The van der Waals surface area contributed by atoms with Crippen LogP contribution in [0.5, 0.6) is 11.5 Å². The summed E-state index contributed by atoms with van der Waals surface area (Å²) in [5.74, 6) is -4.11. The number of anilines is 5. The first-order valence-electron chi connectivity index (χ1n) is 44.9. The highest BCUT2D eigenvalue weighted by molar-refractivity contribution is 6.16. The SMILES string of the molecule is COc1ccc2ccccc2c1C(=O)Nc1cn[nH]c1-c1nc2ccccc2[nH]1.Cc1cccc(C)c1C(=O)Nc1cn[nH]c1-c1nc2ccc(C(=O)N3CCN(C(C)C)CC3)cc2[nH]1.O=C(Nc1cn[nH]c1-c1nc2c(C(=O)O)cccc2[nH]1)c1c(F)cccc1F.O=C(Nc1cn[nH]c1-c1nc2ccccc2[nH]1)c1cccc2c1OCC2.O=C(Nc1cn[nH]c1-c1nc2ccncc2[nH]1)c1c(F)cccc1F. The maximum atomic E-state index is 13.8. The largest absolute Gasteiger partial charge is 0.496 e. The van der Waals surface area contributed by atoms with Crippen molar-refractivity contribution in [2.75, 3.05) is 66.5 Å². The Balaban J connectivity index is 0.000000115. The molecule has 0 spiro atoms. The van der Waals surface area contributed by atoms with Crippen LogP contribution in [0.25, 0.3) is 124 Å². The van der Waals surface area contributed by atoms with Crippen LogP contribution in [0.4, 0.5) is 46.0 Å². The quantitative estimate of drug-likeness (QED) is 0.0334. The molecule has 0 radical (unpaired) electrons. The van der Waals surface area contributed by atoms with Crippen LogP contribution in [0.2, 0.25) is 0 Å². The summed E-state index contributed by atoms with van der Waals surface area (Å²) in [5, 5.41) is 58.7. The number of aromatic amines is 10. The third-order valence-corrected chi connectivity index (χ3v) is 23.9. The number of carbonyl (C=O) groups excluding carboxylic acids is 6. The van der Waals surface area contributed by atoms with E-state index in [4.69, 9.17) is 9.47 Å². The van der Waals surface area contributed by atoms with Gasteiger partial charge in [-0.05, 0) is 152 Å². The van der Waals surface area contributed by atoms with Gasteiger partial charge in [-0.3, -0.25) is 64.1 Å². The number of benzene rings is 10. The molecule has 2 aliphatic heterocycles. The number of nitrogens with zero attached hydrogens (tertiary/aromatic N) is 13. The normalized spacial score (nSPS) is 12.2. The van der Waals surface area contributed by atoms with Crippen molar-refractivity contribution in [1.82, 2.24) is 116 Å². The van der Waals surface area contributed by atoms with Gasteiger partial charge in [0, 0.05) is 56.0 Å². The number of amides is 6. The lowest BCUT2D eigenvalue weighted by Crippen LogP contribution is -2.50. The van der Waals surface area contributed by atoms with E-state index in [1.165, 1.54) is 24.5 Å². The number of piperazine rings is 1. The number of hydrogen-bond acceptors (Lipinski definition) is 21. The van der Waals surface area contributed by atoms with Gasteiger partial charge in [0.05, 0.1) is 146 Å². The van der Waals surface area contributed by atoms with Crippen molar-refractivity contribution in [3.05, 3.63) is 322 Å². The number of pyridine rings is 1. The molecule has 0 unspecified atom stereocenters. The van der Waals surface area contributed by atoms with Crippen LogP contribution in [0.15, 0.2) is 244 Å². The molecule has 13 heterocycles. The van der Waals surface area contributed by atoms with Crippen molar-refractivity contribution in [2.45, 2.75) is 40.2 Å². The number of methoxy groups -OCH3 is 1. The van der Waals surface area contributed by atoms with E-state index in [0.717, 1.165) is 123 Å². The topological polar surface area (TPSA) is 524 Å². The second-order valence-corrected chi connectivity index (χ2v) is 33.3. The monoisotopic (exact) mass is 1940 g/mol. The number of aromatic nitrogens is 21. The number of nitrogens with one attached hydrogen (secondary N) is 15. The van der Waals surface area contributed by atoms with Gasteiger partial charge in [-0.2, -0.15) is 25.5 Å². The maximum Gasteiger partial charge on any atom is 0.337 e. The molecule has 16 N–H and O–H groups in total. The molecule has 23 rings (SSSR count). The smallest absolute Gasteiger partial charge is 0.337 e. The fourth-order valence-corrected chi connectivity index (χ4v) is 16.7. The Labute approximate surface area is 811 Å². The molecule has 2 aliphatic rings. The maximum absolute atomic E-state index is 13.8. The molecule has 1 fully saturated rings. The minimum Gasteiger partial charge on any atom is -0.496 e. The first-order valence-corrected chi connectivity index (χ1v) is 44.9. The molecule has 11 aromatic heterocycles. The summed E-state index contributed by atoms with van der Waals surface area (Å²) < 4.78 is 66.2. The highest BCUT2D eigenvalue weighted by Gasteiger charge is 2.30. The minimum atomic E-state index is -1.14. The number of carboxylic acids is 1. The summed E-state index contributed by atoms with van der Waals surface area (Å²) in [6.07, 6.45) is 11.3. The fraction of sp³-hybridized carbons (Fsp3) is 0.118. The van der Waals surface area contributed by atoms with Gasteiger partial charge in [0.1, 0.15) is 79.9 Å². The fourth-order valence-electron chi connectivity index (χ4n) is 16.7. The first-order chi connectivity index (χ1) is 69.9. The molecule has 38 nitrogen and oxygen atoms in total. The molecule has 10 aromatic carbocycles. The van der Waals surface area contributed by atoms with E-state index in [-0.39, 0.29) is 57.6 Å². The molecule has 6 amide bonds. The van der Waals surface area contributed by atoms with Crippen molar-refractivity contribution in [1.29, 1.82) is 0 Å². The Morgan fingerprint density at radius 1 is 0.410 bits per heavy atom. The molecule has 0 atom stereocenters. The molecule has 1 saturated heterocycles. The van der Waals surface area contributed by atoms with Gasteiger partial charge >= 0.3 is 5.97 Å². The number of carbonyl (C=O) groups is 7. The Morgan fingerprint density at radius 2 is 0.833 bits per heavy atom. The number of carboxylic acid groups (broad SMARTS) is 1. The van der Waals surface area contributed by atoms with Crippen LogP contribution in [0.3, 0.4) is 0 Å². The van der Waals surface area contributed by atoms with Crippen LogP contribution < -0.4 is 36.1 Å². The van der Waals surface area contributed by atoms with Crippen molar-refractivity contribution in [3.8, 4) is 69.1 Å². The number of halogens is 4. The Hall–Kier alpha value is -19.4. The number of H-pyrrole nitrogens is 10. The number of para-hydroxylation sites is 6. The van der Waals surface area contributed by atoms with Crippen LogP contribution in [-0.2, 0) is 6.42 Å². The molecule has 42 heteroatoms. The van der Waals surface area contributed by atoms with Crippen LogP contribution in [0, 0.1) is 37.1 Å². The van der Waals surface area contributed by atoms with E-state index >= 15 is 0 Å². The number of aromatic carboxylic acids is 1. The molecular weight excluding hydrogens is 1850 g/mol. The van der Waals surface area contributed by atoms with Gasteiger partial charge in [0.15, 0.2) is 29.1 Å². The van der Waals surface area contributed by atoms with Gasteiger partial charge in [-0.15, -0.1) is 0 Å². The number of hydrogen-bond donors (Lipinski definition) is 16. The number of ether oxygens (including phenoxy) is 2. The second kappa shape index (κ2) is 40.7. The van der Waals surface area contributed by atoms with E-state index < -0.39 is 52.2 Å². The highest BCUT2D eigenvalue weighted by atomic mass is 19.1. The summed E-state index contributed by atoms with van der Waals surface area (Å²) in [4.78, 5) is 134. The predicted molar refractivity (Wildman–Crippen MR) is 530 cm³/mol. The zero-order chi connectivity index (χ0) is 99.9. The van der Waals surface area contributed by atoms with Crippen molar-refractivity contribution < 1.29 is 65.7 Å². The molecule has 21 aromatic rings.